The van der Waals surface area contributed by atoms with E-state index in [4.69, 9.17) is 5.73 Å². The molecule has 104 valence electrons. The molecule has 1 aliphatic carbocycles. The smallest absolute Gasteiger partial charge is 0.223 e. The average molecular weight is 260 g/mol. The zero-order valence-electron chi connectivity index (χ0n) is 11.9. The molecule has 0 bridgehead atoms. The highest BCUT2D eigenvalue weighted by atomic mass is 16.1. The van der Waals surface area contributed by atoms with Gasteiger partial charge in [0.05, 0.1) is 0 Å². The number of hydrogen-bond acceptors (Lipinski definition) is 2. The SMILES string of the molecule is CC(CN)C(C)NC(=O)C1CCc2ccccc2C1. The molecule has 0 radical (unpaired) electrons. The van der Waals surface area contributed by atoms with Gasteiger partial charge >= 0.3 is 0 Å². The molecule has 3 unspecified atom stereocenters. The summed E-state index contributed by atoms with van der Waals surface area (Å²) in [5, 5.41) is 3.11. The summed E-state index contributed by atoms with van der Waals surface area (Å²) in [6.45, 7) is 4.71. The number of benzene rings is 1. The van der Waals surface area contributed by atoms with Gasteiger partial charge in [0, 0.05) is 12.0 Å². The first-order valence-electron chi connectivity index (χ1n) is 7.19. The Balaban J connectivity index is 1.95. The van der Waals surface area contributed by atoms with E-state index in [2.05, 4.69) is 36.5 Å². The molecular formula is C16H24N2O. The molecule has 2 rings (SSSR count). The van der Waals surface area contributed by atoms with Gasteiger partial charge in [0.15, 0.2) is 0 Å². The summed E-state index contributed by atoms with van der Waals surface area (Å²) < 4.78 is 0. The van der Waals surface area contributed by atoms with E-state index in [-0.39, 0.29) is 17.9 Å². The number of nitrogens with two attached hydrogens (primary N) is 1. The Labute approximate surface area is 115 Å². The van der Waals surface area contributed by atoms with Crippen molar-refractivity contribution in [3.8, 4) is 0 Å². The standard InChI is InChI=1S/C16H24N2O/c1-11(10-17)12(2)18-16(19)15-8-7-13-5-3-4-6-14(13)9-15/h3-6,11-12,15H,7-10,17H2,1-2H3,(H,18,19). The van der Waals surface area contributed by atoms with E-state index in [1.165, 1.54) is 11.1 Å². The molecule has 1 aromatic carbocycles. The number of aryl methyl sites for hydroxylation is 1. The Morgan fingerprint density at radius 1 is 1.37 bits per heavy atom. The van der Waals surface area contributed by atoms with Crippen molar-refractivity contribution in [2.24, 2.45) is 17.6 Å². The fraction of sp³-hybridized carbons (Fsp3) is 0.562. The fourth-order valence-corrected chi connectivity index (χ4v) is 2.61. The van der Waals surface area contributed by atoms with Gasteiger partial charge in [0.2, 0.25) is 5.91 Å². The van der Waals surface area contributed by atoms with E-state index in [0.717, 1.165) is 19.3 Å². The van der Waals surface area contributed by atoms with Crippen molar-refractivity contribution in [3.05, 3.63) is 35.4 Å². The summed E-state index contributed by atoms with van der Waals surface area (Å²) in [5.41, 5.74) is 8.36. The number of carbonyl (C=O) groups is 1. The van der Waals surface area contributed by atoms with Crippen molar-refractivity contribution < 1.29 is 4.79 Å². The summed E-state index contributed by atoms with van der Waals surface area (Å²) in [6, 6.07) is 8.58. The zero-order valence-corrected chi connectivity index (χ0v) is 11.9. The lowest BCUT2D eigenvalue weighted by Gasteiger charge is -2.27. The predicted octanol–water partition coefficient (Wildman–Crippen LogP) is 1.89. The summed E-state index contributed by atoms with van der Waals surface area (Å²) in [5.74, 6) is 0.615. The molecule has 0 aromatic heterocycles. The van der Waals surface area contributed by atoms with Crippen LogP contribution in [-0.4, -0.2) is 18.5 Å². The van der Waals surface area contributed by atoms with E-state index in [1.54, 1.807) is 0 Å². The highest BCUT2D eigenvalue weighted by molar-refractivity contribution is 5.79. The van der Waals surface area contributed by atoms with Gasteiger partial charge < -0.3 is 11.1 Å². The van der Waals surface area contributed by atoms with Crippen LogP contribution < -0.4 is 11.1 Å². The van der Waals surface area contributed by atoms with Crippen molar-refractivity contribution in [2.75, 3.05) is 6.54 Å². The van der Waals surface area contributed by atoms with E-state index in [9.17, 15) is 4.79 Å². The largest absolute Gasteiger partial charge is 0.353 e. The van der Waals surface area contributed by atoms with Crippen molar-refractivity contribution in [2.45, 2.75) is 39.2 Å². The van der Waals surface area contributed by atoms with E-state index >= 15 is 0 Å². The lowest BCUT2D eigenvalue weighted by atomic mass is 9.83. The van der Waals surface area contributed by atoms with Crippen LogP contribution in [-0.2, 0) is 17.6 Å². The number of fused-ring (bicyclic) bond motifs is 1. The summed E-state index contributed by atoms with van der Waals surface area (Å²) in [7, 11) is 0. The molecule has 1 amide bonds. The maximum Gasteiger partial charge on any atom is 0.223 e. The third-order valence-corrected chi connectivity index (χ3v) is 4.31. The van der Waals surface area contributed by atoms with Crippen molar-refractivity contribution in [1.29, 1.82) is 0 Å². The second-order valence-corrected chi connectivity index (χ2v) is 5.72. The Morgan fingerprint density at radius 3 is 2.74 bits per heavy atom. The first-order valence-corrected chi connectivity index (χ1v) is 7.19. The zero-order chi connectivity index (χ0) is 13.8. The number of amides is 1. The first-order chi connectivity index (χ1) is 9.11. The molecule has 0 spiro atoms. The Kier molecular flexibility index (Phi) is 4.59. The van der Waals surface area contributed by atoms with E-state index in [0.29, 0.717) is 12.5 Å². The topological polar surface area (TPSA) is 55.1 Å². The molecule has 0 aliphatic heterocycles. The third kappa shape index (κ3) is 3.35. The van der Waals surface area contributed by atoms with Gasteiger partial charge in [-0.15, -0.1) is 0 Å². The molecule has 1 aromatic rings. The van der Waals surface area contributed by atoms with Crippen LogP contribution >= 0.6 is 0 Å². The predicted molar refractivity (Wildman–Crippen MR) is 77.8 cm³/mol. The summed E-state index contributed by atoms with van der Waals surface area (Å²) in [4.78, 5) is 12.3. The lowest BCUT2D eigenvalue weighted by Crippen LogP contribution is -2.43. The number of rotatable bonds is 4. The van der Waals surface area contributed by atoms with E-state index in [1.807, 2.05) is 6.92 Å². The highest BCUT2D eigenvalue weighted by Crippen LogP contribution is 2.25. The molecule has 0 saturated carbocycles. The fourth-order valence-electron chi connectivity index (χ4n) is 2.61. The molecule has 0 fully saturated rings. The van der Waals surface area contributed by atoms with Crippen LogP contribution in [0.15, 0.2) is 24.3 Å². The summed E-state index contributed by atoms with van der Waals surface area (Å²) >= 11 is 0. The molecule has 0 heterocycles. The monoisotopic (exact) mass is 260 g/mol. The van der Waals surface area contributed by atoms with Gasteiger partial charge in [-0.1, -0.05) is 31.2 Å². The maximum atomic E-state index is 12.3. The van der Waals surface area contributed by atoms with Crippen molar-refractivity contribution in [3.63, 3.8) is 0 Å². The van der Waals surface area contributed by atoms with Crippen molar-refractivity contribution in [1.82, 2.24) is 5.32 Å². The second-order valence-electron chi connectivity index (χ2n) is 5.72. The van der Waals surface area contributed by atoms with Gasteiger partial charge in [-0.3, -0.25) is 4.79 Å². The second kappa shape index (κ2) is 6.20. The third-order valence-electron chi connectivity index (χ3n) is 4.31. The molecular weight excluding hydrogens is 236 g/mol. The van der Waals surface area contributed by atoms with Crippen LogP contribution in [0.3, 0.4) is 0 Å². The van der Waals surface area contributed by atoms with Gasteiger partial charge in [-0.2, -0.15) is 0 Å². The first kappa shape index (κ1) is 14.1. The van der Waals surface area contributed by atoms with E-state index < -0.39 is 0 Å². The van der Waals surface area contributed by atoms with Gasteiger partial charge in [-0.05, 0) is 49.8 Å². The van der Waals surface area contributed by atoms with Crippen LogP contribution in [0.5, 0.6) is 0 Å². The minimum absolute atomic E-state index is 0.113. The average Bonchev–Trinajstić information content (AvgIpc) is 2.45. The van der Waals surface area contributed by atoms with Crippen LogP contribution in [0.1, 0.15) is 31.4 Å². The van der Waals surface area contributed by atoms with Gasteiger partial charge in [-0.25, -0.2) is 0 Å². The summed E-state index contributed by atoms with van der Waals surface area (Å²) in [6.07, 6.45) is 2.83. The maximum absolute atomic E-state index is 12.3. The van der Waals surface area contributed by atoms with Crippen LogP contribution in [0.2, 0.25) is 0 Å². The van der Waals surface area contributed by atoms with Gasteiger partial charge in [0.1, 0.15) is 0 Å². The van der Waals surface area contributed by atoms with Crippen LogP contribution in [0.4, 0.5) is 0 Å². The highest BCUT2D eigenvalue weighted by Gasteiger charge is 2.25. The molecule has 1 aliphatic rings. The Bertz CT molecular complexity index is 444. The normalized spacial score (nSPS) is 21.3. The Hall–Kier alpha value is -1.35. The number of carbonyl (C=O) groups excluding carboxylic acids is 1. The molecule has 3 heteroatoms. The quantitative estimate of drug-likeness (QED) is 0.868. The molecule has 3 nitrogen and oxygen atoms in total. The number of nitrogens with one attached hydrogen (secondary N) is 1. The minimum atomic E-state index is 0.113. The molecule has 0 saturated heterocycles. The molecule has 19 heavy (non-hydrogen) atoms. The van der Waals surface area contributed by atoms with Crippen LogP contribution in [0, 0.1) is 11.8 Å². The van der Waals surface area contributed by atoms with Crippen molar-refractivity contribution >= 4 is 5.91 Å². The van der Waals surface area contributed by atoms with Crippen LogP contribution in [0.25, 0.3) is 0 Å². The van der Waals surface area contributed by atoms with Gasteiger partial charge in [0.25, 0.3) is 0 Å². The molecule has 3 atom stereocenters. The lowest BCUT2D eigenvalue weighted by molar-refractivity contribution is -0.126. The molecule has 3 N–H and O–H groups in total. The number of hydrogen-bond donors (Lipinski definition) is 2. The Morgan fingerprint density at radius 2 is 2.05 bits per heavy atom. The minimum Gasteiger partial charge on any atom is -0.353 e.